The van der Waals surface area contributed by atoms with Gasteiger partial charge in [0.1, 0.15) is 11.4 Å². The van der Waals surface area contributed by atoms with E-state index in [0.717, 1.165) is 32.9 Å². The number of amides is 1. The first kappa shape index (κ1) is 16.2. The van der Waals surface area contributed by atoms with E-state index in [9.17, 15) is 9.90 Å². The molecule has 4 nitrogen and oxygen atoms in total. The summed E-state index contributed by atoms with van der Waals surface area (Å²) in [5, 5.41) is 13.2. The van der Waals surface area contributed by atoms with Crippen LogP contribution in [0.5, 0.6) is 5.75 Å². The standard InChI is InChI=1S/C22H17ClN2O2/c23-11-14-12-25(22(27)18-9-13-5-1-4-8-17(13)24-18)19-10-20(26)15-6-2-3-7-16(15)21(14)19/h1-10,14,24,26H,11-12H2/t14-/m1/s1. The summed E-state index contributed by atoms with van der Waals surface area (Å²) in [7, 11) is 0. The monoisotopic (exact) mass is 376 g/mol. The van der Waals surface area contributed by atoms with Gasteiger partial charge in [-0.05, 0) is 23.1 Å². The van der Waals surface area contributed by atoms with Gasteiger partial charge in [0.15, 0.2) is 0 Å². The van der Waals surface area contributed by atoms with E-state index in [-0.39, 0.29) is 17.6 Å². The van der Waals surface area contributed by atoms with Crippen molar-refractivity contribution in [1.82, 2.24) is 4.98 Å². The predicted molar refractivity (Wildman–Crippen MR) is 109 cm³/mol. The summed E-state index contributed by atoms with van der Waals surface area (Å²) < 4.78 is 0. The summed E-state index contributed by atoms with van der Waals surface area (Å²) in [6, 6.07) is 19.1. The molecule has 2 heterocycles. The molecule has 0 fully saturated rings. The van der Waals surface area contributed by atoms with Gasteiger partial charge in [0.05, 0.1) is 5.69 Å². The number of hydrogen-bond donors (Lipinski definition) is 2. The number of aromatic hydroxyl groups is 1. The average molecular weight is 377 g/mol. The Morgan fingerprint density at radius 1 is 1.11 bits per heavy atom. The third kappa shape index (κ3) is 2.41. The molecule has 1 aliphatic heterocycles. The second kappa shape index (κ2) is 6.03. The number of phenols is 1. The number of benzene rings is 3. The Balaban J connectivity index is 1.66. The fraction of sp³-hybridized carbons (Fsp3) is 0.136. The molecule has 0 saturated heterocycles. The third-order valence-corrected chi connectivity index (χ3v) is 5.71. The van der Waals surface area contributed by atoms with E-state index in [0.29, 0.717) is 18.1 Å². The number of H-pyrrole nitrogens is 1. The zero-order chi connectivity index (χ0) is 18.5. The van der Waals surface area contributed by atoms with Crippen LogP contribution in [-0.4, -0.2) is 28.4 Å². The molecule has 5 heteroatoms. The summed E-state index contributed by atoms with van der Waals surface area (Å²) >= 11 is 6.25. The molecule has 27 heavy (non-hydrogen) atoms. The first-order chi connectivity index (χ1) is 13.2. The topological polar surface area (TPSA) is 56.3 Å². The number of nitrogens with zero attached hydrogens (tertiary/aromatic N) is 1. The smallest absolute Gasteiger partial charge is 0.274 e. The van der Waals surface area contributed by atoms with E-state index in [1.165, 1.54) is 0 Å². The molecule has 4 aromatic rings. The van der Waals surface area contributed by atoms with Gasteiger partial charge < -0.3 is 15.0 Å². The van der Waals surface area contributed by atoms with Crippen LogP contribution in [0, 0.1) is 0 Å². The lowest BCUT2D eigenvalue weighted by Gasteiger charge is -2.17. The zero-order valence-electron chi connectivity index (χ0n) is 14.4. The Bertz CT molecular complexity index is 1160. The number of alkyl halides is 1. The molecule has 2 N–H and O–H groups in total. The van der Waals surface area contributed by atoms with Gasteiger partial charge in [-0.1, -0.05) is 42.5 Å². The molecule has 134 valence electrons. The molecular formula is C22H17ClN2O2. The van der Waals surface area contributed by atoms with Gasteiger partial charge >= 0.3 is 0 Å². The SMILES string of the molecule is O=C(c1cc2ccccc2[nH]1)N1C[C@@H](CCl)c2c1cc(O)c1ccccc21. The predicted octanol–water partition coefficient (Wildman–Crippen LogP) is 5.01. The zero-order valence-corrected chi connectivity index (χ0v) is 15.2. The van der Waals surface area contributed by atoms with E-state index in [2.05, 4.69) is 4.98 Å². The first-order valence-electron chi connectivity index (χ1n) is 8.87. The van der Waals surface area contributed by atoms with Crippen molar-refractivity contribution >= 4 is 44.9 Å². The second-order valence-corrected chi connectivity index (χ2v) is 7.22. The highest BCUT2D eigenvalue weighted by molar-refractivity contribution is 6.19. The molecule has 0 bridgehead atoms. The van der Waals surface area contributed by atoms with Crippen molar-refractivity contribution in [2.24, 2.45) is 0 Å². The van der Waals surface area contributed by atoms with Crippen molar-refractivity contribution in [3.05, 3.63) is 71.9 Å². The van der Waals surface area contributed by atoms with E-state index in [1.54, 1.807) is 11.0 Å². The first-order valence-corrected chi connectivity index (χ1v) is 9.41. The minimum absolute atomic E-state index is 0.0282. The molecule has 1 amide bonds. The van der Waals surface area contributed by atoms with Crippen LogP contribution >= 0.6 is 11.6 Å². The van der Waals surface area contributed by atoms with Crippen LogP contribution in [0.25, 0.3) is 21.7 Å². The number of halogens is 1. The molecule has 5 rings (SSSR count). The van der Waals surface area contributed by atoms with Crippen molar-refractivity contribution in [3.8, 4) is 5.75 Å². The van der Waals surface area contributed by atoms with Crippen molar-refractivity contribution in [1.29, 1.82) is 0 Å². The highest BCUT2D eigenvalue weighted by Gasteiger charge is 2.35. The molecule has 1 aliphatic rings. The number of carbonyl (C=O) groups is 1. The van der Waals surface area contributed by atoms with Gasteiger partial charge in [-0.2, -0.15) is 0 Å². The quantitative estimate of drug-likeness (QED) is 0.483. The maximum absolute atomic E-state index is 13.3. The number of aromatic amines is 1. The van der Waals surface area contributed by atoms with Crippen molar-refractivity contribution in [2.75, 3.05) is 17.3 Å². The van der Waals surface area contributed by atoms with Crippen LogP contribution in [0.2, 0.25) is 0 Å². The number of rotatable bonds is 2. The summed E-state index contributed by atoms with van der Waals surface area (Å²) in [6.45, 7) is 0.500. The Kier molecular flexibility index (Phi) is 3.62. The molecule has 0 radical (unpaired) electrons. The van der Waals surface area contributed by atoms with Gasteiger partial charge in [0.25, 0.3) is 5.91 Å². The lowest BCUT2D eigenvalue weighted by Crippen LogP contribution is -2.30. The number of hydrogen-bond acceptors (Lipinski definition) is 2. The fourth-order valence-corrected chi connectivity index (χ4v) is 4.33. The van der Waals surface area contributed by atoms with Gasteiger partial charge in [-0.25, -0.2) is 0 Å². The highest BCUT2D eigenvalue weighted by atomic mass is 35.5. The van der Waals surface area contributed by atoms with E-state index >= 15 is 0 Å². The normalized spacial score (nSPS) is 16.2. The number of nitrogens with one attached hydrogen (secondary N) is 1. The lowest BCUT2D eigenvalue weighted by atomic mass is 9.95. The minimum atomic E-state index is -0.116. The average Bonchev–Trinajstić information content (AvgIpc) is 3.29. The second-order valence-electron chi connectivity index (χ2n) is 6.91. The number of carbonyl (C=O) groups excluding carboxylic acids is 1. The van der Waals surface area contributed by atoms with E-state index in [4.69, 9.17) is 11.6 Å². The molecule has 0 spiro atoms. The fourth-order valence-electron chi connectivity index (χ4n) is 4.08. The number of anilines is 1. The van der Waals surface area contributed by atoms with Gasteiger partial charge in [0.2, 0.25) is 0 Å². The Morgan fingerprint density at radius 2 is 1.85 bits per heavy atom. The Hall–Kier alpha value is -2.98. The Labute approximate surface area is 161 Å². The lowest BCUT2D eigenvalue weighted by molar-refractivity contribution is 0.0984. The van der Waals surface area contributed by atoms with Crippen molar-refractivity contribution in [3.63, 3.8) is 0 Å². The van der Waals surface area contributed by atoms with E-state index in [1.807, 2.05) is 54.6 Å². The van der Waals surface area contributed by atoms with Crippen LogP contribution in [-0.2, 0) is 0 Å². The van der Waals surface area contributed by atoms with E-state index < -0.39 is 0 Å². The summed E-state index contributed by atoms with van der Waals surface area (Å²) in [6.07, 6.45) is 0. The van der Waals surface area contributed by atoms with Gasteiger partial charge in [-0.3, -0.25) is 4.79 Å². The largest absolute Gasteiger partial charge is 0.507 e. The Morgan fingerprint density at radius 3 is 2.63 bits per heavy atom. The third-order valence-electron chi connectivity index (χ3n) is 5.34. The molecule has 1 atom stereocenters. The van der Waals surface area contributed by atoms with Crippen LogP contribution in [0.1, 0.15) is 22.0 Å². The summed E-state index contributed by atoms with van der Waals surface area (Å²) in [5.74, 6) is 0.502. The maximum Gasteiger partial charge on any atom is 0.274 e. The van der Waals surface area contributed by atoms with Gasteiger partial charge in [0, 0.05) is 40.7 Å². The molecule has 0 unspecified atom stereocenters. The summed E-state index contributed by atoms with van der Waals surface area (Å²) in [4.78, 5) is 18.2. The van der Waals surface area contributed by atoms with Crippen molar-refractivity contribution < 1.29 is 9.90 Å². The molecular weight excluding hydrogens is 360 g/mol. The van der Waals surface area contributed by atoms with Crippen LogP contribution in [0.3, 0.4) is 0 Å². The van der Waals surface area contributed by atoms with Crippen LogP contribution < -0.4 is 4.90 Å². The number of fused-ring (bicyclic) bond motifs is 4. The number of phenolic OH excluding ortho intramolecular Hbond substituents is 1. The molecule has 0 aliphatic carbocycles. The number of aromatic nitrogens is 1. The van der Waals surface area contributed by atoms with Crippen molar-refractivity contribution in [2.45, 2.75) is 5.92 Å². The highest BCUT2D eigenvalue weighted by Crippen LogP contribution is 2.45. The molecule has 1 aromatic heterocycles. The molecule has 3 aromatic carbocycles. The van der Waals surface area contributed by atoms with Crippen LogP contribution in [0.4, 0.5) is 5.69 Å². The van der Waals surface area contributed by atoms with Gasteiger partial charge in [-0.15, -0.1) is 11.6 Å². The summed E-state index contributed by atoms with van der Waals surface area (Å²) in [5.41, 5.74) is 3.23. The minimum Gasteiger partial charge on any atom is -0.507 e. The maximum atomic E-state index is 13.3. The molecule has 0 saturated carbocycles. The van der Waals surface area contributed by atoms with Crippen LogP contribution in [0.15, 0.2) is 60.7 Å². The number of para-hydroxylation sites is 1.